The number of anilines is 1. The van der Waals surface area contributed by atoms with Crippen LogP contribution in [0.2, 0.25) is 0 Å². The van der Waals surface area contributed by atoms with Crippen molar-refractivity contribution in [2.75, 3.05) is 24.6 Å². The molecular formula is C29H34N4O2. The van der Waals surface area contributed by atoms with Gasteiger partial charge in [-0.1, -0.05) is 26.0 Å². The molecule has 1 N–H and O–H groups in total. The van der Waals surface area contributed by atoms with Gasteiger partial charge < -0.3 is 19.2 Å². The molecule has 1 aromatic carbocycles. The lowest BCUT2D eigenvalue weighted by Gasteiger charge is -2.33. The minimum absolute atomic E-state index is 0.0190. The molecule has 0 unspecified atom stereocenters. The molecule has 1 aliphatic rings. The molecule has 0 aliphatic carbocycles. The van der Waals surface area contributed by atoms with Gasteiger partial charge in [-0.25, -0.2) is 4.98 Å². The summed E-state index contributed by atoms with van der Waals surface area (Å²) in [5, 5.41) is 0.930. The molecule has 35 heavy (non-hydrogen) atoms. The standard InChI is InChI=1S/C29H34N4O2/c1-20(2)13-17-35-24-7-4-21(5-8-24)22-11-15-33(16-12-22)27-9-6-23(18-31-27)26-19-32(3)29(34)28-25(26)10-14-30-28/h4-10,14,18-20,22,30H,11-13,15-17H2,1-3H3. The minimum atomic E-state index is -0.0190. The van der Waals surface area contributed by atoms with E-state index in [1.165, 1.54) is 5.56 Å². The zero-order valence-electron chi connectivity index (χ0n) is 20.8. The lowest BCUT2D eigenvalue weighted by molar-refractivity contribution is 0.289. The van der Waals surface area contributed by atoms with E-state index in [9.17, 15) is 4.79 Å². The Balaban J connectivity index is 1.22. The van der Waals surface area contributed by atoms with Crippen molar-refractivity contribution in [1.82, 2.24) is 14.5 Å². The summed E-state index contributed by atoms with van der Waals surface area (Å²) in [5.41, 5.74) is 4.03. The first kappa shape index (κ1) is 23.2. The van der Waals surface area contributed by atoms with Crippen LogP contribution in [0.3, 0.4) is 0 Å². The Bertz CT molecular complexity index is 1330. The van der Waals surface area contributed by atoms with Gasteiger partial charge in [-0.15, -0.1) is 0 Å². The van der Waals surface area contributed by atoms with Crippen molar-refractivity contribution < 1.29 is 4.74 Å². The van der Waals surface area contributed by atoms with E-state index in [0.29, 0.717) is 17.4 Å². The van der Waals surface area contributed by atoms with Gasteiger partial charge in [0.2, 0.25) is 0 Å². The number of H-pyrrole nitrogens is 1. The number of piperidine rings is 1. The van der Waals surface area contributed by atoms with E-state index in [4.69, 9.17) is 9.72 Å². The monoisotopic (exact) mass is 470 g/mol. The highest BCUT2D eigenvalue weighted by atomic mass is 16.5. The van der Waals surface area contributed by atoms with Crippen LogP contribution in [-0.4, -0.2) is 34.2 Å². The third-order valence-electron chi connectivity index (χ3n) is 7.09. The molecule has 0 bridgehead atoms. The second kappa shape index (κ2) is 9.98. The second-order valence-electron chi connectivity index (χ2n) is 9.99. The van der Waals surface area contributed by atoms with Gasteiger partial charge >= 0.3 is 0 Å². The zero-order chi connectivity index (χ0) is 24.4. The number of fused-ring (bicyclic) bond motifs is 1. The predicted octanol–water partition coefficient (Wildman–Crippen LogP) is 5.74. The first-order valence-corrected chi connectivity index (χ1v) is 12.6. The van der Waals surface area contributed by atoms with Crippen LogP contribution in [0.1, 0.15) is 44.6 Å². The Kier molecular flexibility index (Phi) is 6.62. The number of ether oxygens (including phenoxy) is 1. The van der Waals surface area contributed by atoms with E-state index < -0.39 is 0 Å². The molecule has 1 saturated heterocycles. The summed E-state index contributed by atoms with van der Waals surface area (Å²) in [6.45, 7) is 7.20. The van der Waals surface area contributed by atoms with Crippen LogP contribution < -0.4 is 15.2 Å². The van der Waals surface area contributed by atoms with Crippen molar-refractivity contribution in [3.05, 3.63) is 77.0 Å². The molecular weight excluding hydrogens is 436 g/mol. The predicted molar refractivity (Wildman–Crippen MR) is 142 cm³/mol. The summed E-state index contributed by atoms with van der Waals surface area (Å²) in [7, 11) is 1.78. The maximum atomic E-state index is 12.3. The number of rotatable bonds is 7. The number of nitrogens with one attached hydrogen (secondary N) is 1. The normalized spacial score (nSPS) is 14.7. The smallest absolute Gasteiger partial charge is 0.274 e. The third kappa shape index (κ3) is 4.97. The molecule has 4 heterocycles. The number of nitrogens with zero attached hydrogens (tertiary/aromatic N) is 3. The highest BCUT2D eigenvalue weighted by molar-refractivity contribution is 5.94. The summed E-state index contributed by atoms with van der Waals surface area (Å²) >= 11 is 0. The SMILES string of the molecule is CC(C)CCOc1ccc(C2CCN(c3ccc(-c4cn(C)c(=O)c5[nH]ccc45)cn3)CC2)cc1. The molecule has 6 nitrogen and oxygen atoms in total. The van der Waals surface area contributed by atoms with Crippen LogP contribution in [0, 0.1) is 5.92 Å². The fourth-order valence-electron chi connectivity index (χ4n) is 4.92. The van der Waals surface area contributed by atoms with Crippen LogP contribution in [-0.2, 0) is 7.05 Å². The molecule has 3 aromatic heterocycles. The van der Waals surface area contributed by atoms with E-state index in [-0.39, 0.29) is 5.56 Å². The van der Waals surface area contributed by atoms with Crippen molar-refractivity contribution in [3.8, 4) is 16.9 Å². The van der Waals surface area contributed by atoms with Crippen molar-refractivity contribution in [3.63, 3.8) is 0 Å². The van der Waals surface area contributed by atoms with Gasteiger partial charge in [-0.05, 0) is 67.0 Å². The maximum absolute atomic E-state index is 12.3. The van der Waals surface area contributed by atoms with Crippen LogP contribution in [0.4, 0.5) is 5.82 Å². The summed E-state index contributed by atoms with van der Waals surface area (Å²) in [6, 6.07) is 14.8. The van der Waals surface area contributed by atoms with Gasteiger partial charge in [0.05, 0.1) is 6.61 Å². The number of pyridine rings is 2. The molecule has 5 rings (SSSR count). The Morgan fingerprint density at radius 1 is 1.09 bits per heavy atom. The molecule has 0 radical (unpaired) electrons. The Labute approximate surface area is 206 Å². The van der Waals surface area contributed by atoms with Crippen molar-refractivity contribution >= 4 is 16.7 Å². The average Bonchev–Trinajstić information content (AvgIpc) is 3.37. The molecule has 0 spiro atoms. The molecule has 0 amide bonds. The van der Waals surface area contributed by atoms with E-state index in [0.717, 1.165) is 67.0 Å². The second-order valence-corrected chi connectivity index (χ2v) is 9.99. The number of aryl methyl sites for hydroxylation is 1. The molecule has 182 valence electrons. The third-order valence-corrected chi connectivity index (χ3v) is 7.09. The van der Waals surface area contributed by atoms with E-state index >= 15 is 0 Å². The van der Waals surface area contributed by atoms with Crippen LogP contribution in [0.5, 0.6) is 5.75 Å². The van der Waals surface area contributed by atoms with Crippen molar-refractivity contribution in [1.29, 1.82) is 0 Å². The molecule has 4 aromatic rings. The largest absolute Gasteiger partial charge is 0.494 e. The Morgan fingerprint density at radius 2 is 1.86 bits per heavy atom. The van der Waals surface area contributed by atoms with Crippen LogP contribution in [0.25, 0.3) is 22.0 Å². The number of aromatic amines is 1. The van der Waals surface area contributed by atoms with Gasteiger partial charge in [0.1, 0.15) is 17.1 Å². The summed E-state index contributed by atoms with van der Waals surface area (Å²) in [5.74, 6) is 3.21. The number of hydrogen-bond acceptors (Lipinski definition) is 4. The topological polar surface area (TPSA) is 63.1 Å². The van der Waals surface area contributed by atoms with Crippen LogP contribution in [0.15, 0.2) is 65.8 Å². The number of hydrogen-bond donors (Lipinski definition) is 1. The first-order chi connectivity index (χ1) is 17.0. The highest BCUT2D eigenvalue weighted by Gasteiger charge is 2.22. The highest BCUT2D eigenvalue weighted by Crippen LogP contribution is 2.32. The zero-order valence-corrected chi connectivity index (χ0v) is 20.8. The number of benzene rings is 1. The van der Waals surface area contributed by atoms with Gasteiger partial charge in [-0.2, -0.15) is 0 Å². The molecule has 0 atom stereocenters. The Morgan fingerprint density at radius 3 is 2.54 bits per heavy atom. The van der Waals surface area contributed by atoms with Crippen LogP contribution >= 0.6 is 0 Å². The van der Waals surface area contributed by atoms with Gasteiger partial charge in [-0.3, -0.25) is 4.79 Å². The van der Waals surface area contributed by atoms with Crippen molar-refractivity contribution in [2.24, 2.45) is 13.0 Å². The van der Waals surface area contributed by atoms with Gasteiger partial charge in [0.15, 0.2) is 0 Å². The fourth-order valence-corrected chi connectivity index (χ4v) is 4.92. The number of aromatic nitrogens is 3. The summed E-state index contributed by atoms with van der Waals surface area (Å²) < 4.78 is 7.49. The average molecular weight is 471 g/mol. The molecule has 1 aliphatic heterocycles. The fraction of sp³-hybridized carbons (Fsp3) is 0.379. The van der Waals surface area contributed by atoms with E-state index in [2.05, 4.69) is 60.1 Å². The van der Waals surface area contributed by atoms with Gasteiger partial charge in [0.25, 0.3) is 5.56 Å². The van der Waals surface area contributed by atoms with Gasteiger partial charge in [0, 0.05) is 55.2 Å². The maximum Gasteiger partial charge on any atom is 0.274 e. The first-order valence-electron chi connectivity index (χ1n) is 12.6. The lowest BCUT2D eigenvalue weighted by atomic mass is 9.89. The summed E-state index contributed by atoms with van der Waals surface area (Å²) in [4.78, 5) is 22.6. The lowest BCUT2D eigenvalue weighted by Crippen LogP contribution is -2.33. The Hall–Kier alpha value is -3.54. The molecule has 6 heteroatoms. The van der Waals surface area contributed by atoms with E-state index in [1.54, 1.807) is 11.6 Å². The molecule has 0 saturated carbocycles. The molecule has 1 fully saturated rings. The quantitative estimate of drug-likeness (QED) is 0.374. The summed E-state index contributed by atoms with van der Waals surface area (Å²) in [6.07, 6.45) is 8.93. The minimum Gasteiger partial charge on any atom is -0.494 e. The van der Waals surface area contributed by atoms with Crippen molar-refractivity contribution in [2.45, 2.75) is 39.0 Å². The van der Waals surface area contributed by atoms with E-state index in [1.807, 2.05) is 24.7 Å².